The maximum Gasteiger partial charge on any atom is 0.0935 e. The predicted octanol–water partition coefficient (Wildman–Crippen LogP) is 4.76. The molecule has 0 saturated heterocycles. The molecular weight excluding hydrogens is 262 g/mol. The maximum atomic E-state index is 6.16. The third-order valence-corrected chi connectivity index (χ3v) is 4.83. The van der Waals surface area contributed by atoms with Crippen molar-refractivity contribution in [3.63, 3.8) is 0 Å². The van der Waals surface area contributed by atoms with Gasteiger partial charge in [0.1, 0.15) is 0 Å². The summed E-state index contributed by atoms with van der Waals surface area (Å²) >= 11 is 7.94. The first-order valence-electron chi connectivity index (χ1n) is 6.45. The Morgan fingerprint density at radius 1 is 1.22 bits per heavy atom. The molecule has 1 fully saturated rings. The van der Waals surface area contributed by atoms with Crippen molar-refractivity contribution < 1.29 is 0 Å². The number of hydrogen-bond acceptors (Lipinski definition) is 2. The van der Waals surface area contributed by atoms with Gasteiger partial charge in [-0.2, -0.15) is 0 Å². The molecular formula is C15H16ClNS. The van der Waals surface area contributed by atoms with E-state index in [9.17, 15) is 0 Å². The van der Waals surface area contributed by atoms with E-state index in [1.54, 1.807) is 11.3 Å². The molecule has 1 saturated carbocycles. The molecule has 0 amide bonds. The zero-order valence-electron chi connectivity index (χ0n) is 10.2. The van der Waals surface area contributed by atoms with E-state index in [-0.39, 0.29) is 0 Å². The third kappa shape index (κ3) is 2.76. The number of hydrogen-bond donors (Lipinski definition) is 0. The molecule has 1 aliphatic rings. The van der Waals surface area contributed by atoms with Crippen LogP contribution in [0.5, 0.6) is 0 Å². The smallest absolute Gasteiger partial charge is 0.0935 e. The normalized spacial score (nSPS) is 23.4. The molecule has 2 unspecified atom stereocenters. The summed E-state index contributed by atoms with van der Waals surface area (Å²) in [4.78, 5) is 4.74. The molecule has 1 aromatic heterocycles. The number of aromatic nitrogens is 1. The number of thiazole rings is 1. The van der Waals surface area contributed by atoms with Gasteiger partial charge in [-0.3, -0.25) is 0 Å². The Bertz CT molecular complexity index is 508. The van der Waals surface area contributed by atoms with Crippen LogP contribution < -0.4 is 0 Å². The first-order chi connectivity index (χ1) is 8.81. The largest absolute Gasteiger partial charge is 0.241 e. The predicted molar refractivity (Wildman–Crippen MR) is 78.2 cm³/mol. The molecule has 0 bridgehead atoms. The van der Waals surface area contributed by atoms with Crippen molar-refractivity contribution in [1.82, 2.24) is 4.98 Å². The summed E-state index contributed by atoms with van der Waals surface area (Å²) in [6.45, 7) is 0. The van der Waals surface area contributed by atoms with E-state index in [4.69, 9.17) is 16.6 Å². The first-order valence-corrected chi connectivity index (χ1v) is 7.77. The number of nitrogens with zero attached hydrogens (tertiary/aromatic N) is 1. The van der Waals surface area contributed by atoms with Crippen LogP contribution in [-0.2, 0) is 6.42 Å². The Labute approximate surface area is 117 Å². The van der Waals surface area contributed by atoms with Gasteiger partial charge in [0.2, 0.25) is 0 Å². The molecule has 2 atom stereocenters. The van der Waals surface area contributed by atoms with E-state index in [1.807, 2.05) is 6.07 Å². The van der Waals surface area contributed by atoms with E-state index in [1.165, 1.54) is 23.4 Å². The van der Waals surface area contributed by atoms with Gasteiger partial charge < -0.3 is 0 Å². The van der Waals surface area contributed by atoms with Crippen molar-refractivity contribution in [3.05, 3.63) is 40.7 Å². The lowest BCUT2D eigenvalue weighted by molar-refractivity contribution is 0.546. The molecule has 3 rings (SSSR count). The van der Waals surface area contributed by atoms with Crippen molar-refractivity contribution in [3.8, 4) is 11.3 Å². The van der Waals surface area contributed by atoms with E-state index in [0.29, 0.717) is 5.38 Å². The monoisotopic (exact) mass is 277 g/mol. The summed E-state index contributed by atoms with van der Waals surface area (Å²) in [5.41, 5.74) is 2.32. The highest BCUT2D eigenvalue weighted by Crippen LogP contribution is 2.33. The van der Waals surface area contributed by atoms with Crippen molar-refractivity contribution in [1.29, 1.82) is 0 Å². The molecule has 0 radical (unpaired) electrons. The Kier molecular flexibility index (Phi) is 3.67. The van der Waals surface area contributed by atoms with Crippen LogP contribution in [0.25, 0.3) is 11.3 Å². The summed E-state index contributed by atoms with van der Waals surface area (Å²) in [6.07, 6.45) is 4.68. The summed E-state index contributed by atoms with van der Waals surface area (Å²) in [5.74, 6) is 0.738. The van der Waals surface area contributed by atoms with Crippen LogP contribution in [0, 0.1) is 5.92 Å². The summed E-state index contributed by atoms with van der Waals surface area (Å²) in [6, 6.07) is 10.4. The van der Waals surface area contributed by atoms with E-state index in [0.717, 1.165) is 24.5 Å². The lowest BCUT2D eigenvalue weighted by Gasteiger charge is -2.05. The molecule has 94 valence electrons. The van der Waals surface area contributed by atoms with Crippen LogP contribution in [0.2, 0.25) is 0 Å². The molecule has 0 N–H and O–H groups in total. The highest BCUT2D eigenvalue weighted by Gasteiger charge is 2.23. The van der Waals surface area contributed by atoms with Gasteiger partial charge in [-0.15, -0.1) is 22.9 Å². The standard InChI is InChI=1S/C15H16ClNS/c16-13-7-6-11(8-13)9-15-17-14(10-18-15)12-4-2-1-3-5-12/h1-5,10-11,13H,6-9H2. The van der Waals surface area contributed by atoms with Gasteiger partial charge in [-0.1, -0.05) is 30.3 Å². The summed E-state index contributed by atoms with van der Waals surface area (Å²) in [5, 5.41) is 3.81. The van der Waals surface area contributed by atoms with Gasteiger partial charge in [-0.05, 0) is 25.2 Å². The highest BCUT2D eigenvalue weighted by atomic mass is 35.5. The average molecular weight is 278 g/mol. The number of benzene rings is 1. The molecule has 1 heterocycles. The van der Waals surface area contributed by atoms with Crippen molar-refractivity contribution >= 4 is 22.9 Å². The molecule has 1 nitrogen and oxygen atoms in total. The van der Waals surface area contributed by atoms with Gasteiger partial charge in [-0.25, -0.2) is 4.98 Å². The molecule has 0 aliphatic heterocycles. The molecule has 18 heavy (non-hydrogen) atoms. The minimum absolute atomic E-state index is 0.392. The van der Waals surface area contributed by atoms with Crippen LogP contribution in [0.4, 0.5) is 0 Å². The zero-order chi connectivity index (χ0) is 12.4. The minimum atomic E-state index is 0.392. The molecule has 2 aromatic rings. The van der Waals surface area contributed by atoms with Crippen LogP contribution >= 0.6 is 22.9 Å². The van der Waals surface area contributed by atoms with Crippen molar-refractivity contribution in [2.24, 2.45) is 5.92 Å². The summed E-state index contributed by atoms with van der Waals surface area (Å²) < 4.78 is 0. The zero-order valence-corrected chi connectivity index (χ0v) is 11.8. The SMILES string of the molecule is ClC1CCC(Cc2nc(-c3ccccc3)cs2)C1. The maximum absolute atomic E-state index is 6.16. The van der Waals surface area contributed by atoms with Gasteiger partial charge >= 0.3 is 0 Å². The molecule has 1 aliphatic carbocycles. The van der Waals surface area contributed by atoms with Crippen molar-refractivity contribution in [2.45, 2.75) is 31.1 Å². The van der Waals surface area contributed by atoms with E-state index < -0.39 is 0 Å². The van der Waals surface area contributed by atoms with Crippen molar-refractivity contribution in [2.75, 3.05) is 0 Å². The number of halogens is 1. The fourth-order valence-corrected chi connectivity index (χ4v) is 3.89. The quantitative estimate of drug-likeness (QED) is 0.737. The van der Waals surface area contributed by atoms with Crippen LogP contribution in [-0.4, -0.2) is 10.4 Å². The van der Waals surface area contributed by atoms with Crippen LogP contribution in [0.15, 0.2) is 35.7 Å². The summed E-state index contributed by atoms with van der Waals surface area (Å²) in [7, 11) is 0. The fourth-order valence-electron chi connectivity index (χ4n) is 2.59. The molecule has 1 aromatic carbocycles. The second-order valence-corrected chi connectivity index (χ2v) is 6.53. The Balaban J connectivity index is 1.70. The molecule has 0 spiro atoms. The lowest BCUT2D eigenvalue weighted by Crippen LogP contribution is -2.00. The second kappa shape index (κ2) is 5.41. The average Bonchev–Trinajstić information content (AvgIpc) is 3.01. The number of rotatable bonds is 3. The second-order valence-electron chi connectivity index (χ2n) is 4.97. The Morgan fingerprint density at radius 2 is 2.06 bits per heavy atom. The van der Waals surface area contributed by atoms with Gasteiger partial charge in [0.15, 0.2) is 0 Å². The van der Waals surface area contributed by atoms with E-state index in [2.05, 4.69) is 29.6 Å². The van der Waals surface area contributed by atoms with Gasteiger partial charge in [0, 0.05) is 22.7 Å². The highest BCUT2D eigenvalue weighted by molar-refractivity contribution is 7.09. The van der Waals surface area contributed by atoms with Crippen LogP contribution in [0.1, 0.15) is 24.3 Å². The number of alkyl halides is 1. The fraction of sp³-hybridized carbons (Fsp3) is 0.400. The topological polar surface area (TPSA) is 12.9 Å². The third-order valence-electron chi connectivity index (χ3n) is 3.56. The lowest BCUT2D eigenvalue weighted by atomic mass is 10.1. The minimum Gasteiger partial charge on any atom is -0.241 e. The van der Waals surface area contributed by atoms with Gasteiger partial charge in [0.25, 0.3) is 0 Å². The Hall–Kier alpha value is -0.860. The molecule has 3 heteroatoms. The Morgan fingerprint density at radius 3 is 2.78 bits per heavy atom. The van der Waals surface area contributed by atoms with Crippen LogP contribution in [0.3, 0.4) is 0 Å². The first kappa shape index (κ1) is 12.2. The van der Waals surface area contributed by atoms with E-state index >= 15 is 0 Å². The van der Waals surface area contributed by atoms with Gasteiger partial charge in [0.05, 0.1) is 10.7 Å².